The number of fused-ring (bicyclic) bond motifs is 1. The number of sulfonamides is 1. The van der Waals surface area contributed by atoms with Gasteiger partial charge in [0.2, 0.25) is 51.9 Å². The quantitative estimate of drug-likeness (QED) is 0.0136. The molecule has 8 atom stereocenters. The van der Waals surface area contributed by atoms with Gasteiger partial charge in [0.25, 0.3) is 5.91 Å². The molecule has 0 unspecified atom stereocenters. The summed E-state index contributed by atoms with van der Waals surface area (Å²) in [6, 6.07) is 37.7. The number of hydrazine groups is 1. The highest BCUT2D eigenvalue weighted by Gasteiger charge is 2.37. The molecule has 1 aliphatic heterocycles. The van der Waals surface area contributed by atoms with Gasteiger partial charge in [0, 0.05) is 48.9 Å². The van der Waals surface area contributed by atoms with Crippen molar-refractivity contribution < 1.29 is 61.0 Å². The van der Waals surface area contributed by atoms with Gasteiger partial charge in [0.05, 0.1) is 23.1 Å². The summed E-state index contributed by atoms with van der Waals surface area (Å²) in [5.74, 6) is -1.24. The molecular formula is C68H77N11O13S2. The van der Waals surface area contributed by atoms with Crippen molar-refractivity contribution in [2.45, 2.75) is 119 Å². The number of carbonyl (C=O) groups excluding carboxylic acids is 9. The molecule has 0 bridgehead atoms. The van der Waals surface area contributed by atoms with E-state index in [1.54, 1.807) is 158 Å². The zero-order valence-corrected chi connectivity index (χ0v) is 53.5. The number of rotatable bonds is 24. The molecule has 8 rings (SSSR count). The van der Waals surface area contributed by atoms with Crippen LogP contribution in [-0.2, 0) is 90.3 Å². The third kappa shape index (κ3) is 20.6. The Morgan fingerprint density at radius 1 is 0.649 bits per heavy atom. The predicted molar refractivity (Wildman–Crippen MR) is 354 cm³/mol. The van der Waals surface area contributed by atoms with Gasteiger partial charge in [-0.2, -0.15) is 11.8 Å². The topological polar surface area (TPSA) is 345 Å². The molecule has 11 N–H and O–H groups in total. The minimum Gasteiger partial charge on any atom is -0.445 e. The Hall–Kier alpha value is -9.73. The van der Waals surface area contributed by atoms with E-state index in [1.807, 2.05) is 6.92 Å². The first kappa shape index (κ1) is 70.1. The first-order valence-corrected chi connectivity index (χ1v) is 33.2. The van der Waals surface area contributed by atoms with E-state index in [0.717, 1.165) is 17.3 Å². The summed E-state index contributed by atoms with van der Waals surface area (Å²) >= 11 is 0.925. The van der Waals surface area contributed by atoms with Crippen molar-refractivity contribution in [1.29, 1.82) is 0 Å². The molecule has 1 aliphatic rings. The maximum Gasteiger partial charge on any atom is 0.408 e. The van der Waals surface area contributed by atoms with Crippen LogP contribution in [0.25, 0.3) is 10.9 Å². The van der Waals surface area contributed by atoms with Crippen molar-refractivity contribution in [3.8, 4) is 0 Å². The number of hydrogen-bond donors (Lipinski definition) is 10. The maximum atomic E-state index is 15.3. The zero-order valence-electron chi connectivity index (χ0n) is 51.9. The van der Waals surface area contributed by atoms with Crippen molar-refractivity contribution in [3.63, 3.8) is 0 Å². The van der Waals surface area contributed by atoms with Gasteiger partial charge in [-0.25, -0.2) is 23.8 Å². The molecule has 6 aromatic carbocycles. The number of aromatic nitrogens is 1. The molecule has 0 saturated carbocycles. The first-order valence-electron chi connectivity index (χ1n) is 30.6. The van der Waals surface area contributed by atoms with Gasteiger partial charge in [-0.05, 0) is 79.1 Å². The second-order valence-corrected chi connectivity index (χ2v) is 25.4. The molecule has 1 aromatic heterocycles. The third-order valence-corrected chi connectivity index (χ3v) is 18.2. The number of nitrogens with one attached hydrogen (secondary N) is 9. The SMILES string of the molecule is Cc1ccc(S(=O)(=O)NCCCC[C@@H]2NC(=O)[C@@H](Cc3cn(C=O)c4ccccc34)NC(=O)[C@H](Cc3ccccc3)NC(=O)[C@@H](NC(=O)[C@@H](Cc3ccccc3)NC(=O)OCc3ccccc3)CSC[C@@H](C(=O)NN)NC(=O)[C@H]([C@@H](C)OCc3ccccc3)NC2=O)cc1. The number of ether oxygens (including phenoxy) is 2. The largest absolute Gasteiger partial charge is 0.445 e. The molecule has 8 amide bonds. The lowest BCUT2D eigenvalue weighted by Gasteiger charge is -2.29. The molecule has 494 valence electrons. The van der Waals surface area contributed by atoms with E-state index >= 15 is 19.2 Å². The summed E-state index contributed by atoms with van der Waals surface area (Å²) in [4.78, 5) is 130. The number of para-hydroxylation sites is 1. The van der Waals surface area contributed by atoms with Gasteiger partial charge >= 0.3 is 6.09 Å². The number of carbonyl (C=O) groups is 9. The van der Waals surface area contributed by atoms with Crippen LogP contribution in [0.4, 0.5) is 4.79 Å². The highest BCUT2D eigenvalue weighted by atomic mass is 32.2. The number of aryl methyl sites for hydroxylation is 1. The Labute approximate surface area is 549 Å². The summed E-state index contributed by atoms with van der Waals surface area (Å²) in [5, 5.41) is 19.8. The van der Waals surface area contributed by atoms with Crippen molar-refractivity contribution in [2.75, 3.05) is 18.1 Å². The highest BCUT2D eigenvalue weighted by Crippen LogP contribution is 2.23. The maximum absolute atomic E-state index is 15.3. The van der Waals surface area contributed by atoms with Crippen LogP contribution in [0.15, 0.2) is 181 Å². The van der Waals surface area contributed by atoms with E-state index in [-0.39, 0.29) is 74.7 Å². The molecule has 2 heterocycles. The summed E-state index contributed by atoms with van der Waals surface area (Å²) in [6.45, 7) is 3.09. The van der Waals surface area contributed by atoms with Gasteiger partial charge in [0.15, 0.2) is 0 Å². The Morgan fingerprint density at radius 2 is 1.21 bits per heavy atom. The fourth-order valence-electron chi connectivity index (χ4n) is 10.4. The standard InChI is InChI=1S/C68H77N11O13S2/c1-44-30-32-51(33-31-44)94(89,90)70-34-18-17-28-53-61(81)77-60(45(2)91-39-48-23-11-5-12-24-48)67(87)75-58(66(86)78-69)42-93-41-57(74-63(83)55(36-47-21-9-4-10-22-47)76-68(88)92-40-49-25-13-6-14-26-49)65(85)72-54(35-46-19-7-3-8-20-46)62(82)73-56(64(84)71-53)37-50-38-79(43-80)59-29-16-15-27-52(50)59/h3-16,19-27,29-33,38,43,45,53-58,60,70H,17-18,28,34-37,39-42,69H2,1-2H3,(H,71,84)(H,72,85)(H,73,82)(H,74,83)(H,75,87)(H,76,88)(H,77,81)(H,78,86)/t45-,53+,54+,55-,56-,57+,58+,60+/m1/s1. The molecule has 0 radical (unpaired) electrons. The van der Waals surface area contributed by atoms with Crippen LogP contribution in [0, 0.1) is 6.92 Å². The number of benzene rings is 6. The van der Waals surface area contributed by atoms with E-state index in [1.165, 1.54) is 29.8 Å². The second-order valence-electron chi connectivity index (χ2n) is 22.6. The normalized spacial score (nSPS) is 19.2. The van der Waals surface area contributed by atoms with E-state index in [2.05, 4.69) is 47.4 Å². The highest BCUT2D eigenvalue weighted by molar-refractivity contribution is 7.99. The minimum absolute atomic E-state index is 0.0399. The molecule has 24 nitrogen and oxygen atoms in total. The van der Waals surface area contributed by atoms with Gasteiger partial charge in [-0.1, -0.05) is 157 Å². The Bertz CT molecular complexity index is 3830. The predicted octanol–water partition coefficient (Wildman–Crippen LogP) is 3.71. The molecular weight excluding hydrogens is 1240 g/mol. The average molecular weight is 1320 g/mol. The number of nitrogens with two attached hydrogens (primary N) is 1. The molecule has 26 heteroatoms. The second kappa shape index (κ2) is 34.8. The van der Waals surface area contributed by atoms with E-state index in [0.29, 0.717) is 45.1 Å². The van der Waals surface area contributed by atoms with Crippen molar-refractivity contribution in [3.05, 3.63) is 209 Å². The van der Waals surface area contributed by atoms with E-state index in [9.17, 15) is 32.4 Å². The number of alkyl carbamates (subject to hydrolysis) is 1. The zero-order chi connectivity index (χ0) is 67.0. The van der Waals surface area contributed by atoms with Crippen LogP contribution in [0.1, 0.15) is 59.6 Å². The third-order valence-electron chi connectivity index (χ3n) is 15.6. The van der Waals surface area contributed by atoms with Crippen LogP contribution in [-0.4, -0.2) is 133 Å². The number of nitrogens with zero attached hydrogens (tertiary/aromatic N) is 1. The number of hydrogen-bond acceptors (Lipinski definition) is 15. The van der Waals surface area contributed by atoms with Crippen molar-refractivity contribution in [2.24, 2.45) is 5.84 Å². The number of unbranched alkanes of at least 4 members (excludes halogenated alkanes) is 1. The van der Waals surface area contributed by atoms with Crippen LogP contribution in [0.5, 0.6) is 0 Å². The lowest BCUT2D eigenvalue weighted by molar-refractivity contribution is -0.137. The average Bonchev–Trinajstić information content (AvgIpc) is 1.64. The van der Waals surface area contributed by atoms with Crippen LogP contribution in [0.2, 0.25) is 0 Å². The van der Waals surface area contributed by atoms with Crippen molar-refractivity contribution in [1.82, 2.24) is 51.9 Å². The summed E-state index contributed by atoms with van der Waals surface area (Å²) < 4.78 is 42.2. The van der Waals surface area contributed by atoms with Crippen LogP contribution < -0.4 is 53.2 Å². The van der Waals surface area contributed by atoms with Crippen LogP contribution >= 0.6 is 11.8 Å². The minimum atomic E-state index is -3.95. The summed E-state index contributed by atoms with van der Waals surface area (Å²) in [5.41, 5.74) is 6.40. The number of amides is 8. The monoisotopic (exact) mass is 1320 g/mol. The van der Waals surface area contributed by atoms with Gasteiger partial charge < -0.3 is 46.7 Å². The molecule has 1 saturated heterocycles. The first-order chi connectivity index (χ1) is 45.4. The van der Waals surface area contributed by atoms with Crippen molar-refractivity contribution >= 4 is 86.5 Å². The molecule has 0 aliphatic carbocycles. The molecule has 7 aromatic rings. The van der Waals surface area contributed by atoms with Gasteiger partial charge in [0.1, 0.15) is 48.9 Å². The molecule has 0 spiro atoms. The van der Waals surface area contributed by atoms with Crippen LogP contribution in [0.3, 0.4) is 0 Å². The van der Waals surface area contributed by atoms with E-state index < -0.39 is 106 Å². The van der Waals surface area contributed by atoms with Gasteiger partial charge in [-0.3, -0.25) is 48.3 Å². The fourth-order valence-corrected chi connectivity index (χ4v) is 12.6. The van der Waals surface area contributed by atoms with E-state index in [4.69, 9.17) is 15.3 Å². The smallest absolute Gasteiger partial charge is 0.408 e. The lowest BCUT2D eigenvalue weighted by atomic mass is 10.0. The van der Waals surface area contributed by atoms with Gasteiger partial charge in [-0.15, -0.1) is 0 Å². The lowest BCUT2D eigenvalue weighted by Crippen LogP contribution is -2.62. The summed E-state index contributed by atoms with van der Waals surface area (Å²) in [7, 11) is -3.95. The Morgan fingerprint density at radius 3 is 1.85 bits per heavy atom. The Balaban J connectivity index is 1.17. The molecule has 1 fully saturated rings. The molecule has 94 heavy (non-hydrogen) atoms. The Kier molecular flexibility index (Phi) is 26.0. The number of thioether (sulfide) groups is 1. The summed E-state index contributed by atoms with van der Waals surface area (Å²) in [6.07, 6.45) is -0.458. The fraction of sp³-hybridized carbons (Fsp3) is 0.309.